The van der Waals surface area contributed by atoms with Crippen molar-refractivity contribution in [3.8, 4) is 0 Å². The molecule has 2 heterocycles. The summed E-state index contributed by atoms with van der Waals surface area (Å²) in [4.78, 5) is 41.4. The lowest BCUT2D eigenvalue weighted by molar-refractivity contribution is -0.143. The monoisotopic (exact) mass is 331 g/mol. The van der Waals surface area contributed by atoms with Gasteiger partial charge < -0.3 is 0 Å². The standard InChI is InChI=1S/C16H14ClN3O3/c1-8-4-5-10-6-11(13(17)18-12(10)9(8)2)7-20-15(22)14(21)19(3)16(20)23/h4-6H,7H2,1-3H3. The smallest absolute Gasteiger partial charge is 0.263 e. The number of carbonyl (C=O) groups excluding carboxylic acids is 3. The molecule has 4 amide bonds. The van der Waals surface area contributed by atoms with E-state index in [1.807, 2.05) is 26.0 Å². The molecule has 6 nitrogen and oxygen atoms in total. The van der Waals surface area contributed by atoms with Crippen molar-refractivity contribution < 1.29 is 14.4 Å². The van der Waals surface area contributed by atoms with Crippen LogP contribution in [0.15, 0.2) is 18.2 Å². The first-order valence-corrected chi connectivity index (χ1v) is 7.38. The number of nitrogens with zero attached hydrogens (tertiary/aromatic N) is 3. The molecule has 0 atom stereocenters. The van der Waals surface area contributed by atoms with Gasteiger partial charge in [0.05, 0.1) is 12.1 Å². The van der Waals surface area contributed by atoms with Gasteiger partial charge in [0.1, 0.15) is 5.15 Å². The van der Waals surface area contributed by atoms with Gasteiger partial charge in [0.2, 0.25) is 0 Å². The first kappa shape index (κ1) is 15.4. The van der Waals surface area contributed by atoms with Gasteiger partial charge in [0.25, 0.3) is 0 Å². The molecule has 0 radical (unpaired) electrons. The Morgan fingerprint density at radius 3 is 2.43 bits per heavy atom. The Bertz CT molecular complexity index is 878. The fourth-order valence-corrected chi connectivity index (χ4v) is 2.74. The number of likely N-dealkylation sites (N-methyl/N-ethyl adjacent to an activating group) is 1. The van der Waals surface area contributed by atoms with E-state index < -0.39 is 17.8 Å². The number of amides is 4. The first-order valence-electron chi connectivity index (χ1n) is 7.00. The van der Waals surface area contributed by atoms with Crippen LogP contribution in [-0.4, -0.2) is 39.7 Å². The molecule has 7 heteroatoms. The Labute approximate surface area is 137 Å². The highest BCUT2D eigenvalue weighted by atomic mass is 35.5. The number of aromatic nitrogens is 1. The molecule has 0 spiro atoms. The molecule has 1 aromatic carbocycles. The predicted octanol–water partition coefficient (Wildman–Crippen LogP) is 2.43. The van der Waals surface area contributed by atoms with E-state index in [1.54, 1.807) is 6.07 Å². The lowest BCUT2D eigenvalue weighted by atomic mass is 10.0. The third-order valence-electron chi connectivity index (χ3n) is 4.12. The Kier molecular flexibility index (Phi) is 3.56. The zero-order valence-electron chi connectivity index (χ0n) is 12.9. The number of hydrogen-bond donors (Lipinski definition) is 0. The number of rotatable bonds is 2. The van der Waals surface area contributed by atoms with Crippen LogP contribution in [0.4, 0.5) is 4.79 Å². The molecule has 0 bridgehead atoms. The number of urea groups is 1. The number of pyridine rings is 1. The van der Waals surface area contributed by atoms with Gasteiger partial charge in [-0.15, -0.1) is 0 Å². The lowest BCUT2D eigenvalue weighted by Crippen LogP contribution is -2.31. The van der Waals surface area contributed by atoms with Gasteiger partial charge in [0, 0.05) is 18.0 Å². The minimum absolute atomic E-state index is 0.0809. The van der Waals surface area contributed by atoms with Gasteiger partial charge in [-0.05, 0) is 31.0 Å². The number of benzene rings is 1. The summed E-state index contributed by atoms with van der Waals surface area (Å²) in [7, 11) is 1.27. The van der Waals surface area contributed by atoms with Crippen LogP contribution in [0.2, 0.25) is 5.15 Å². The van der Waals surface area contributed by atoms with Gasteiger partial charge in [-0.1, -0.05) is 23.7 Å². The van der Waals surface area contributed by atoms with Crippen LogP contribution in [0.3, 0.4) is 0 Å². The molecule has 118 valence electrons. The average Bonchev–Trinajstić information content (AvgIpc) is 2.70. The van der Waals surface area contributed by atoms with Crippen LogP contribution in [-0.2, 0) is 16.1 Å². The van der Waals surface area contributed by atoms with Gasteiger partial charge in [-0.2, -0.15) is 0 Å². The SMILES string of the molecule is Cc1ccc2cc(CN3C(=O)C(=O)N(C)C3=O)c(Cl)nc2c1C. The third kappa shape index (κ3) is 2.35. The Morgan fingerprint density at radius 1 is 1.13 bits per heavy atom. The quantitative estimate of drug-likeness (QED) is 0.481. The molecule has 1 aliphatic rings. The molecule has 1 saturated heterocycles. The maximum absolute atomic E-state index is 12.0. The maximum Gasteiger partial charge on any atom is 0.334 e. The number of aryl methyl sites for hydroxylation is 2. The highest BCUT2D eigenvalue weighted by molar-refractivity contribution is 6.44. The van der Waals surface area contributed by atoms with Crippen molar-refractivity contribution in [2.45, 2.75) is 20.4 Å². The summed E-state index contributed by atoms with van der Waals surface area (Å²) in [5, 5.41) is 1.08. The normalized spacial score (nSPS) is 15.2. The van der Waals surface area contributed by atoms with Gasteiger partial charge >= 0.3 is 17.8 Å². The van der Waals surface area contributed by atoms with E-state index in [1.165, 1.54) is 7.05 Å². The number of halogens is 1. The highest BCUT2D eigenvalue weighted by Crippen LogP contribution is 2.26. The van der Waals surface area contributed by atoms with E-state index in [0.29, 0.717) is 5.56 Å². The van der Waals surface area contributed by atoms with Crippen molar-refractivity contribution in [1.29, 1.82) is 0 Å². The molecule has 1 aromatic heterocycles. The van der Waals surface area contributed by atoms with Crippen molar-refractivity contribution in [3.05, 3.63) is 40.0 Å². The van der Waals surface area contributed by atoms with Crippen molar-refractivity contribution in [3.63, 3.8) is 0 Å². The number of imide groups is 2. The predicted molar refractivity (Wildman–Crippen MR) is 84.9 cm³/mol. The highest BCUT2D eigenvalue weighted by Gasteiger charge is 2.42. The molecule has 1 aliphatic heterocycles. The van der Waals surface area contributed by atoms with E-state index in [4.69, 9.17) is 11.6 Å². The van der Waals surface area contributed by atoms with Crippen LogP contribution in [0, 0.1) is 13.8 Å². The van der Waals surface area contributed by atoms with E-state index in [9.17, 15) is 14.4 Å². The summed E-state index contributed by atoms with van der Waals surface area (Å²) in [6.07, 6.45) is 0. The zero-order valence-corrected chi connectivity index (χ0v) is 13.6. The molecular formula is C16H14ClN3O3. The van der Waals surface area contributed by atoms with Crippen LogP contribution in [0.1, 0.15) is 16.7 Å². The second-order valence-electron chi connectivity index (χ2n) is 5.56. The largest absolute Gasteiger partial charge is 0.334 e. The zero-order chi connectivity index (χ0) is 16.9. The van der Waals surface area contributed by atoms with Crippen LogP contribution in [0.25, 0.3) is 10.9 Å². The van der Waals surface area contributed by atoms with Crippen molar-refractivity contribution in [1.82, 2.24) is 14.8 Å². The summed E-state index contributed by atoms with van der Waals surface area (Å²) < 4.78 is 0. The first-order chi connectivity index (χ1) is 10.8. The van der Waals surface area contributed by atoms with Crippen LogP contribution in [0.5, 0.6) is 0 Å². The van der Waals surface area contributed by atoms with E-state index >= 15 is 0 Å². The molecule has 0 saturated carbocycles. The summed E-state index contributed by atoms with van der Waals surface area (Å²) in [5.74, 6) is -1.69. The Balaban J connectivity index is 2.03. The van der Waals surface area contributed by atoms with Gasteiger partial charge in [0.15, 0.2) is 0 Å². The second-order valence-corrected chi connectivity index (χ2v) is 5.91. The topological polar surface area (TPSA) is 70.6 Å². The van der Waals surface area contributed by atoms with E-state index in [-0.39, 0.29) is 11.7 Å². The van der Waals surface area contributed by atoms with Gasteiger partial charge in [-0.3, -0.25) is 19.4 Å². The minimum atomic E-state index is -0.853. The summed E-state index contributed by atoms with van der Waals surface area (Å²) in [6.45, 7) is 3.87. The summed E-state index contributed by atoms with van der Waals surface area (Å²) >= 11 is 6.22. The number of hydrogen-bond acceptors (Lipinski definition) is 4. The number of carbonyl (C=O) groups is 3. The molecule has 3 rings (SSSR count). The lowest BCUT2D eigenvalue weighted by Gasteiger charge is -2.15. The van der Waals surface area contributed by atoms with E-state index in [0.717, 1.165) is 31.8 Å². The molecule has 0 unspecified atom stereocenters. The maximum atomic E-state index is 12.0. The van der Waals surface area contributed by atoms with Gasteiger partial charge in [-0.25, -0.2) is 9.78 Å². The Hall–Kier alpha value is -2.47. The second kappa shape index (κ2) is 5.31. The fourth-order valence-electron chi connectivity index (χ4n) is 2.54. The average molecular weight is 332 g/mol. The van der Waals surface area contributed by atoms with Crippen molar-refractivity contribution in [2.24, 2.45) is 0 Å². The fraction of sp³-hybridized carbons (Fsp3) is 0.250. The van der Waals surface area contributed by atoms with Crippen LogP contribution >= 0.6 is 11.6 Å². The summed E-state index contributed by atoms with van der Waals surface area (Å²) in [6, 6.07) is 5.02. The van der Waals surface area contributed by atoms with E-state index in [2.05, 4.69) is 4.98 Å². The minimum Gasteiger partial charge on any atom is -0.263 e. The molecule has 0 aliphatic carbocycles. The van der Waals surface area contributed by atoms with Crippen LogP contribution < -0.4 is 0 Å². The molecule has 23 heavy (non-hydrogen) atoms. The third-order valence-corrected chi connectivity index (χ3v) is 4.44. The summed E-state index contributed by atoms with van der Waals surface area (Å²) in [5.41, 5.74) is 3.43. The Morgan fingerprint density at radius 2 is 1.83 bits per heavy atom. The molecule has 1 fully saturated rings. The number of fused-ring (bicyclic) bond motifs is 1. The molecular weight excluding hydrogens is 318 g/mol. The molecule has 0 N–H and O–H groups in total. The van der Waals surface area contributed by atoms with Crippen molar-refractivity contribution in [2.75, 3.05) is 7.05 Å². The van der Waals surface area contributed by atoms with Crippen molar-refractivity contribution >= 4 is 40.3 Å². The molecule has 2 aromatic rings.